The van der Waals surface area contributed by atoms with Crippen molar-refractivity contribution in [3.63, 3.8) is 0 Å². The molecule has 2 fully saturated rings. The molecule has 1 amide bonds. The number of fused-ring (bicyclic) bond motifs is 1. The fourth-order valence-corrected chi connectivity index (χ4v) is 4.93. The number of hydrogen-bond acceptors (Lipinski definition) is 5. The van der Waals surface area contributed by atoms with Crippen LogP contribution in [0.2, 0.25) is 0 Å². The Morgan fingerprint density at radius 2 is 2.06 bits per heavy atom. The van der Waals surface area contributed by atoms with Gasteiger partial charge in [-0.05, 0) is 49.2 Å². The number of aromatic nitrogens is 1. The Hall–Kier alpha value is -3.01. The number of anilines is 2. The fourth-order valence-electron chi connectivity index (χ4n) is 4.93. The van der Waals surface area contributed by atoms with Crippen molar-refractivity contribution in [2.75, 3.05) is 49.6 Å². The number of aliphatic hydroxyl groups excluding tert-OH is 1. The number of benzene rings is 2. The number of carbonyl (C=O) groups is 1. The molecular formula is C25H28F2N4O3. The molecule has 2 atom stereocenters. The van der Waals surface area contributed by atoms with E-state index in [1.165, 1.54) is 24.3 Å². The van der Waals surface area contributed by atoms with Gasteiger partial charge in [0.2, 0.25) is 0 Å². The van der Waals surface area contributed by atoms with E-state index in [-0.39, 0.29) is 18.4 Å². The second-order valence-corrected chi connectivity index (χ2v) is 9.05. The fraction of sp³-hybridized carbons (Fsp3) is 0.400. The van der Waals surface area contributed by atoms with Crippen LogP contribution in [0.5, 0.6) is 0 Å². The Labute approximate surface area is 196 Å². The normalized spacial score (nSPS) is 21.4. The van der Waals surface area contributed by atoms with Crippen molar-refractivity contribution < 1.29 is 23.4 Å². The minimum atomic E-state index is -0.464. The topological polar surface area (TPSA) is 80.8 Å². The number of amides is 1. The molecule has 0 unspecified atom stereocenters. The Morgan fingerprint density at radius 1 is 1.21 bits per heavy atom. The number of H-pyrrole nitrogens is 1. The minimum absolute atomic E-state index is 0.00245. The standard InChI is InChI=1S/C25H28F2N4O3/c1-15-2-3-22(27)21-11-23(29-24(15)21)25(33)28-17-8-16(26)9-19(10-17)30-5-4-18(12-30)31-6-7-34-20(13-31)14-32/h2-3,8-11,18,20,29,32H,4-7,12-14H2,1H3,(H,28,33)/t18-,20-/m1/s1. The van der Waals surface area contributed by atoms with Gasteiger partial charge < -0.3 is 25.0 Å². The molecule has 9 heteroatoms. The summed E-state index contributed by atoms with van der Waals surface area (Å²) in [4.78, 5) is 20.2. The van der Waals surface area contributed by atoms with E-state index >= 15 is 0 Å². The summed E-state index contributed by atoms with van der Waals surface area (Å²) in [6.45, 7) is 5.42. The number of carbonyl (C=O) groups excluding carboxylic acids is 1. The maximum atomic E-state index is 14.5. The molecule has 3 heterocycles. The quantitative estimate of drug-likeness (QED) is 0.533. The van der Waals surface area contributed by atoms with E-state index in [1.807, 2.05) is 6.92 Å². The minimum Gasteiger partial charge on any atom is -0.394 e. The lowest BCUT2D eigenvalue weighted by atomic mass is 10.1. The molecule has 0 radical (unpaired) electrons. The van der Waals surface area contributed by atoms with Crippen LogP contribution < -0.4 is 10.2 Å². The van der Waals surface area contributed by atoms with Crippen molar-refractivity contribution in [1.82, 2.24) is 9.88 Å². The van der Waals surface area contributed by atoms with Crippen LogP contribution >= 0.6 is 0 Å². The number of halogens is 2. The zero-order valence-corrected chi connectivity index (χ0v) is 19.0. The average molecular weight is 471 g/mol. The van der Waals surface area contributed by atoms with Gasteiger partial charge in [-0.1, -0.05) is 6.07 Å². The van der Waals surface area contributed by atoms with Crippen molar-refractivity contribution >= 4 is 28.2 Å². The number of hydrogen-bond donors (Lipinski definition) is 3. The zero-order valence-electron chi connectivity index (χ0n) is 19.0. The van der Waals surface area contributed by atoms with E-state index in [9.17, 15) is 18.7 Å². The van der Waals surface area contributed by atoms with Gasteiger partial charge in [-0.3, -0.25) is 9.69 Å². The molecule has 3 aromatic rings. The summed E-state index contributed by atoms with van der Waals surface area (Å²) >= 11 is 0. The predicted molar refractivity (Wildman–Crippen MR) is 126 cm³/mol. The number of morpholine rings is 1. The van der Waals surface area contributed by atoms with Crippen molar-refractivity contribution in [3.05, 3.63) is 59.3 Å². The predicted octanol–water partition coefficient (Wildman–Crippen LogP) is 3.28. The Balaban J connectivity index is 1.30. The molecule has 0 spiro atoms. The molecule has 34 heavy (non-hydrogen) atoms. The van der Waals surface area contributed by atoms with Gasteiger partial charge in [0, 0.05) is 49.0 Å². The van der Waals surface area contributed by atoms with Crippen molar-refractivity contribution in [2.24, 2.45) is 0 Å². The molecule has 2 saturated heterocycles. The molecule has 0 saturated carbocycles. The lowest BCUT2D eigenvalue weighted by molar-refractivity contribution is -0.0623. The lowest BCUT2D eigenvalue weighted by Crippen LogP contribution is -2.49. The summed E-state index contributed by atoms with van der Waals surface area (Å²) in [5.74, 6) is -1.31. The maximum Gasteiger partial charge on any atom is 0.272 e. The van der Waals surface area contributed by atoms with Gasteiger partial charge in [0.15, 0.2) is 0 Å². The highest BCUT2D eigenvalue weighted by Gasteiger charge is 2.31. The smallest absolute Gasteiger partial charge is 0.272 e. The summed E-state index contributed by atoms with van der Waals surface area (Å²) in [5, 5.41) is 12.5. The van der Waals surface area contributed by atoms with E-state index in [0.29, 0.717) is 41.5 Å². The van der Waals surface area contributed by atoms with Crippen LogP contribution in [0.15, 0.2) is 36.4 Å². The van der Waals surface area contributed by atoms with E-state index in [0.717, 1.165) is 31.6 Å². The van der Waals surface area contributed by atoms with E-state index in [2.05, 4.69) is 20.1 Å². The number of nitrogens with zero attached hydrogens (tertiary/aromatic N) is 2. The van der Waals surface area contributed by atoms with Gasteiger partial charge in [-0.25, -0.2) is 8.78 Å². The molecule has 0 bridgehead atoms. The Kier molecular flexibility index (Phi) is 6.24. The third-order valence-corrected chi connectivity index (χ3v) is 6.75. The van der Waals surface area contributed by atoms with Crippen LogP contribution in [-0.2, 0) is 4.74 Å². The first-order valence-corrected chi connectivity index (χ1v) is 11.5. The molecule has 1 aromatic heterocycles. The third-order valence-electron chi connectivity index (χ3n) is 6.75. The van der Waals surface area contributed by atoms with Crippen molar-refractivity contribution in [1.29, 1.82) is 0 Å². The number of aliphatic hydroxyl groups is 1. The molecular weight excluding hydrogens is 442 g/mol. The molecule has 7 nitrogen and oxygen atoms in total. The number of rotatable bonds is 5. The molecule has 3 N–H and O–H groups in total. The Bertz CT molecular complexity index is 1180. The highest BCUT2D eigenvalue weighted by atomic mass is 19.1. The number of ether oxygens (including phenoxy) is 1. The summed E-state index contributed by atoms with van der Waals surface area (Å²) in [7, 11) is 0. The number of aromatic amines is 1. The summed E-state index contributed by atoms with van der Waals surface area (Å²) < 4.78 is 34.1. The van der Waals surface area contributed by atoms with Gasteiger partial charge in [-0.15, -0.1) is 0 Å². The van der Waals surface area contributed by atoms with Crippen molar-refractivity contribution in [2.45, 2.75) is 25.5 Å². The zero-order chi connectivity index (χ0) is 23.8. The molecule has 0 aliphatic carbocycles. The van der Waals surface area contributed by atoms with Crippen LogP contribution in [0.3, 0.4) is 0 Å². The first-order chi connectivity index (χ1) is 16.4. The van der Waals surface area contributed by atoms with Gasteiger partial charge in [-0.2, -0.15) is 0 Å². The van der Waals surface area contributed by atoms with Gasteiger partial charge in [0.1, 0.15) is 17.3 Å². The highest BCUT2D eigenvalue weighted by molar-refractivity contribution is 6.06. The largest absolute Gasteiger partial charge is 0.394 e. The second-order valence-electron chi connectivity index (χ2n) is 9.05. The summed E-state index contributed by atoms with van der Waals surface area (Å²) in [6, 6.07) is 9.29. The molecule has 2 aromatic carbocycles. The maximum absolute atomic E-state index is 14.5. The number of nitrogens with one attached hydrogen (secondary N) is 2. The van der Waals surface area contributed by atoms with Gasteiger partial charge in [0.25, 0.3) is 5.91 Å². The molecule has 180 valence electrons. The first kappa shape index (κ1) is 22.8. The third kappa shape index (κ3) is 4.51. The summed E-state index contributed by atoms with van der Waals surface area (Å²) in [6.07, 6.45) is 0.761. The summed E-state index contributed by atoms with van der Waals surface area (Å²) in [5.41, 5.74) is 2.65. The highest BCUT2D eigenvalue weighted by Crippen LogP contribution is 2.28. The van der Waals surface area contributed by atoms with E-state index in [1.54, 1.807) is 12.1 Å². The monoisotopic (exact) mass is 470 g/mol. The van der Waals surface area contributed by atoms with Crippen LogP contribution in [0.1, 0.15) is 22.5 Å². The van der Waals surface area contributed by atoms with E-state index < -0.39 is 17.5 Å². The van der Waals surface area contributed by atoms with Crippen LogP contribution in [0.25, 0.3) is 10.9 Å². The average Bonchev–Trinajstić information content (AvgIpc) is 3.50. The SMILES string of the molecule is Cc1ccc(F)c2cc(C(=O)Nc3cc(F)cc(N4CC[C@@H](N5CCO[C@@H](CO)C5)C4)c3)[nH]c12. The molecule has 2 aliphatic rings. The van der Waals surface area contributed by atoms with Crippen molar-refractivity contribution in [3.8, 4) is 0 Å². The van der Waals surface area contributed by atoms with E-state index in [4.69, 9.17) is 4.74 Å². The lowest BCUT2D eigenvalue weighted by Gasteiger charge is -2.36. The van der Waals surface area contributed by atoms with Crippen LogP contribution in [0.4, 0.5) is 20.2 Å². The van der Waals surface area contributed by atoms with Crippen LogP contribution in [0, 0.1) is 18.6 Å². The van der Waals surface area contributed by atoms with Gasteiger partial charge >= 0.3 is 0 Å². The first-order valence-electron chi connectivity index (χ1n) is 11.5. The second kappa shape index (κ2) is 9.32. The van der Waals surface area contributed by atoms with Crippen LogP contribution in [-0.4, -0.2) is 72.4 Å². The van der Waals surface area contributed by atoms with Gasteiger partial charge in [0.05, 0.1) is 24.8 Å². The molecule has 5 rings (SSSR count). The number of aryl methyl sites for hydroxylation is 1. The molecule has 2 aliphatic heterocycles. The Morgan fingerprint density at radius 3 is 2.85 bits per heavy atom.